The summed E-state index contributed by atoms with van der Waals surface area (Å²) in [4.78, 5) is 12.8. The third-order valence-corrected chi connectivity index (χ3v) is 7.88. The van der Waals surface area contributed by atoms with E-state index in [1.165, 1.54) is 30.6 Å². The quantitative estimate of drug-likeness (QED) is 0.275. The number of hydrogen-bond acceptors (Lipinski definition) is 5. The summed E-state index contributed by atoms with van der Waals surface area (Å²) < 4.78 is 6.06. The molecule has 1 aliphatic carbocycles. The van der Waals surface area contributed by atoms with Gasteiger partial charge in [0, 0.05) is 29.8 Å². The summed E-state index contributed by atoms with van der Waals surface area (Å²) in [6, 6.07) is 10.7. The lowest BCUT2D eigenvalue weighted by Crippen LogP contribution is -2.44. The van der Waals surface area contributed by atoms with Crippen LogP contribution in [0.2, 0.25) is 0 Å². The van der Waals surface area contributed by atoms with Crippen molar-refractivity contribution in [2.24, 2.45) is 10.9 Å². The van der Waals surface area contributed by atoms with Crippen molar-refractivity contribution in [1.29, 1.82) is 0 Å². The van der Waals surface area contributed by atoms with Gasteiger partial charge in [-0.3, -0.25) is 9.89 Å². The van der Waals surface area contributed by atoms with Crippen LogP contribution in [0.15, 0.2) is 44.6 Å². The predicted molar refractivity (Wildman–Crippen MR) is 143 cm³/mol. The SMILES string of the molecule is CN=C(NCC1CCN(Cc2nc(C)c(C)o2)CC1)NCC1(Sc2ccccc2)CC1.I. The smallest absolute Gasteiger partial charge is 0.208 e. The number of aryl methyl sites for hydroxylation is 2. The Morgan fingerprint density at radius 2 is 1.91 bits per heavy atom. The molecule has 0 amide bonds. The van der Waals surface area contributed by atoms with Crippen LogP contribution in [0, 0.1) is 19.8 Å². The van der Waals surface area contributed by atoms with Crippen LogP contribution in [0.25, 0.3) is 0 Å². The molecule has 1 aromatic heterocycles. The maximum atomic E-state index is 5.74. The molecule has 0 spiro atoms. The summed E-state index contributed by atoms with van der Waals surface area (Å²) in [5.74, 6) is 3.38. The van der Waals surface area contributed by atoms with Gasteiger partial charge in [0.1, 0.15) is 5.76 Å². The third-order valence-electron chi connectivity index (χ3n) is 6.38. The number of piperidine rings is 1. The van der Waals surface area contributed by atoms with E-state index in [0.717, 1.165) is 56.0 Å². The van der Waals surface area contributed by atoms with E-state index >= 15 is 0 Å². The second-order valence-electron chi connectivity index (χ2n) is 8.87. The molecule has 2 aliphatic rings. The molecular formula is C24H36IN5OS. The van der Waals surface area contributed by atoms with Gasteiger partial charge in [-0.15, -0.1) is 35.7 Å². The molecule has 8 heteroatoms. The fourth-order valence-corrected chi connectivity index (χ4v) is 5.29. The van der Waals surface area contributed by atoms with E-state index in [-0.39, 0.29) is 24.0 Å². The van der Waals surface area contributed by atoms with E-state index in [9.17, 15) is 0 Å². The molecule has 2 heterocycles. The zero-order valence-corrected chi connectivity index (χ0v) is 22.5. The van der Waals surface area contributed by atoms with Gasteiger partial charge in [-0.25, -0.2) is 4.98 Å². The van der Waals surface area contributed by atoms with Crippen LogP contribution in [0.4, 0.5) is 0 Å². The van der Waals surface area contributed by atoms with Crippen LogP contribution in [0.1, 0.15) is 43.0 Å². The molecule has 2 N–H and O–H groups in total. The van der Waals surface area contributed by atoms with Crippen LogP contribution in [-0.4, -0.2) is 53.8 Å². The van der Waals surface area contributed by atoms with Crippen molar-refractivity contribution in [3.63, 3.8) is 0 Å². The molecule has 0 atom stereocenters. The predicted octanol–water partition coefficient (Wildman–Crippen LogP) is 4.61. The lowest BCUT2D eigenvalue weighted by atomic mass is 9.97. The number of aliphatic imine (C=N–C) groups is 1. The normalized spacial score (nSPS) is 18.8. The number of hydrogen-bond donors (Lipinski definition) is 2. The van der Waals surface area contributed by atoms with Crippen molar-refractivity contribution in [2.75, 3.05) is 33.2 Å². The minimum Gasteiger partial charge on any atom is -0.444 e. The summed E-state index contributed by atoms with van der Waals surface area (Å²) in [6.45, 7) is 8.93. The number of nitrogens with one attached hydrogen (secondary N) is 2. The highest BCUT2D eigenvalue weighted by Gasteiger charge is 2.43. The summed E-state index contributed by atoms with van der Waals surface area (Å²) in [6.07, 6.45) is 4.91. The minimum absolute atomic E-state index is 0. The van der Waals surface area contributed by atoms with Gasteiger partial charge in [-0.1, -0.05) is 18.2 Å². The highest BCUT2D eigenvalue weighted by Crippen LogP contribution is 2.51. The highest BCUT2D eigenvalue weighted by molar-refractivity contribution is 14.0. The van der Waals surface area contributed by atoms with E-state index < -0.39 is 0 Å². The van der Waals surface area contributed by atoms with Gasteiger partial charge in [0.2, 0.25) is 5.89 Å². The highest BCUT2D eigenvalue weighted by atomic mass is 127. The van der Waals surface area contributed by atoms with Gasteiger partial charge in [0.15, 0.2) is 5.96 Å². The van der Waals surface area contributed by atoms with Gasteiger partial charge in [-0.05, 0) is 70.7 Å². The maximum absolute atomic E-state index is 5.74. The maximum Gasteiger partial charge on any atom is 0.208 e. The Balaban J connectivity index is 0.00000289. The number of oxazole rings is 1. The fourth-order valence-electron chi connectivity index (χ4n) is 4.05. The molecule has 1 aliphatic heterocycles. The van der Waals surface area contributed by atoms with Crippen molar-refractivity contribution in [3.8, 4) is 0 Å². The van der Waals surface area contributed by atoms with Crippen molar-refractivity contribution in [1.82, 2.24) is 20.5 Å². The summed E-state index contributed by atoms with van der Waals surface area (Å²) in [5, 5.41) is 7.13. The van der Waals surface area contributed by atoms with Crippen molar-refractivity contribution in [2.45, 2.75) is 55.7 Å². The molecule has 6 nitrogen and oxygen atoms in total. The molecule has 2 fully saturated rings. The zero-order chi connectivity index (χ0) is 21.7. The first-order valence-electron chi connectivity index (χ1n) is 11.4. The second-order valence-corrected chi connectivity index (χ2v) is 10.4. The molecule has 1 aromatic carbocycles. The van der Waals surface area contributed by atoms with Crippen LogP contribution >= 0.6 is 35.7 Å². The molecule has 176 valence electrons. The van der Waals surface area contributed by atoms with Crippen molar-refractivity contribution < 1.29 is 4.42 Å². The van der Waals surface area contributed by atoms with Gasteiger partial charge in [-0.2, -0.15) is 0 Å². The minimum atomic E-state index is 0. The number of nitrogens with zero attached hydrogens (tertiary/aromatic N) is 3. The third kappa shape index (κ3) is 7.12. The lowest BCUT2D eigenvalue weighted by Gasteiger charge is -2.31. The van der Waals surface area contributed by atoms with E-state index in [1.54, 1.807) is 0 Å². The summed E-state index contributed by atoms with van der Waals surface area (Å²) in [7, 11) is 1.86. The van der Waals surface area contributed by atoms with E-state index in [4.69, 9.17) is 4.42 Å². The summed E-state index contributed by atoms with van der Waals surface area (Å²) >= 11 is 2.00. The van der Waals surface area contributed by atoms with Crippen LogP contribution in [0.5, 0.6) is 0 Å². The van der Waals surface area contributed by atoms with Gasteiger partial charge in [0.05, 0.1) is 12.2 Å². The van der Waals surface area contributed by atoms with Crippen LogP contribution < -0.4 is 10.6 Å². The monoisotopic (exact) mass is 569 g/mol. The Hall–Kier alpha value is -1.26. The molecule has 1 saturated heterocycles. The lowest BCUT2D eigenvalue weighted by molar-refractivity contribution is 0.164. The Bertz CT molecular complexity index is 856. The van der Waals surface area contributed by atoms with Crippen molar-refractivity contribution in [3.05, 3.63) is 47.7 Å². The topological polar surface area (TPSA) is 65.7 Å². The van der Waals surface area contributed by atoms with Gasteiger partial charge in [0.25, 0.3) is 0 Å². The number of guanidine groups is 1. The molecule has 0 radical (unpaired) electrons. The first-order chi connectivity index (χ1) is 15.0. The summed E-state index contributed by atoms with van der Waals surface area (Å²) in [5.41, 5.74) is 1.00. The van der Waals surface area contributed by atoms with Gasteiger partial charge >= 0.3 is 0 Å². The first kappa shape index (κ1) is 25.4. The Kier molecular flexibility index (Phi) is 9.31. The zero-order valence-electron chi connectivity index (χ0n) is 19.4. The molecule has 4 rings (SSSR count). The number of halogens is 1. The van der Waals surface area contributed by atoms with E-state index in [1.807, 2.05) is 32.7 Å². The standard InChI is InChI=1S/C24H35N5OS.HI/c1-18-19(2)30-22(28-18)16-29-13-9-20(10-14-29)15-26-23(25-3)27-17-24(11-12-24)31-21-7-5-4-6-8-21;/h4-8,20H,9-17H2,1-3H3,(H2,25,26,27);1H. The average molecular weight is 570 g/mol. The number of rotatable bonds is 8. The fraction of sp³-hybridized carbons (Fsp3) is 0.583. The van der Waals surface area contributed by atoms with Crippen LogP contribution in [0.3, 0.4) is 0 Å². The van der Waals surface area contributed by atoms with E-state index in [2.05, 4.69) is 55.8 Å². The average Bonchev–Trinajstić information content (AvgIpc) is 3.47. The largest absolute Gasteiger partial charge is 0.444 e. The number of likely N-dealkylation sites (tertiary alicyclic amines) is 1. The van der Waals surface area contributed by atoms with E-state index in [0.29, 0.717) is 10.7 Å². The number of thioether (sulfide) groups is 1. The molecule has 32 heavy (non-hydrogen) atoms. The Labute approximate surface area is 213 Å². The molecular weight excluding hydrogens is 533 g/mol. The van der Waals surface area contributed by atoms with Crippen LogP contribution in [-0.2, 0) is 6.54 Å². The number of aromatic nitrogens is 1. The molecule has 2 aromatic rings. The molecule has 1 saturated carbocycles. The number of benzene rings is 1. The van der Waals surface area contributed by atoms with Crippen molar-refractivity contribution >= 4 is 41.7 Å². The Morgan fingerprint density at radius 1 is 1.19 bits per heavy atom. The Morgan fingerprint density at radius 3 is 2.50 bits per heavy atom. The van der Waals surface area contributed by atoms with Gasteiger partial charge < -0.3 is 15.1 Å². The second kappa shape index (κ2) is 11.7. The molecule has 0 unspecified atom stereocenters. The first-order valence-corrected chi connectivity index (χ1v) is 12.2. The molecule has 0 bridgehead atoms.